The van der Waals surface area contributed by atoms with Crippen molar-refractivity contribution in [2.75, 3.05) is 6.54 Å². The molecule has 1 aliphatic heterocycles. The van der Waals surface area contributed by atoms with Gasteiger partial charge in [-0.15, -0.1) is 0 Å². The Morgan fingerprint density at radius 2 is 1.97 bits per heavy atom. The molecule has 0 radical (unpaired) electrons. The number of H-pyrrole nitrogens is 1. The fourth-order valence-electron chi connectivity index (χ4n) is 3.64. The fourth-order valence-corrected chi connectivity index (χ4v) is 6.05. The van der Waals surface area contributed by atoms with Gasteiger partial charge in [0, 0.05) is 24.5 Å². The molecule has 29 heavy (non-hydrogen) atoms. The predicted octanol–water partition coefficient (Wildman–Crippen LogP) is 2.79. The van der Waals surface area contributed by atoms with Crippen LogP contribution in [0.15, 0.2) is 47.6 Å². The summed E-state index contributed by atoms with van der Waals surface area (Å²) in [6.45, 7) is 0.423. The van der Waals surface area contributed by atoms with E-state index in [1.165, 1.54) is 4.31 Å². The quantitative estimate of drug-likeness (QED) is 0.532. The van der Waals surface area contributed by atoms with E-state index in [4.69, 9.17) is 0 Å². The van der Waals surface area contributed by atoms with Crippen LogP contribution in [0.1, 0.15) is 31.1 Å². The van der Waals surface area contributed by atoms with Gasteiger partial charge in [0.05, 0.1) is 17.8 Å². The Kier molecular flexibility index (Phi) is 4.57. The van der Waals surface area contributed by atoms with Crippen LogP contribution < -0.4 is 0 Å². The van der Waals surface area contributed by atoms with Crippen molar-refractivity contribution in [3.8, 4) is 11.4 Å². The SMILES string of the molecule is O=S(=O)(c1cccc2nsnc12)N1CCCCC1c1nc(-c2ccncc2)n[nH]1. The highest BCUT2D eigenvalue weighted by atomic mass is 32.2. The number of sulfonamides is 1. The lowest BCUT2D eigenvalue weighted by Crippen LogP contribution is -2.39. The molecule has 5 rings (SSSR count). The van der Waals surface area contributed by atoms with Crippen LogP contribution in [0, 0.1) is 0 Å². The second-order valence-corrected chi connectivity index (χ2v) is 9.18. The van der Waals surface area contributed by atoms with E-state index in [1.807, 2.05) is 12.1 Å². The third kappa shape index (κ3) is 3.20. The number of aromatic amines is 1. The zero-order valence-corrected chi connectivity index (χ0v) is 16.9. The van der Waals surface area contributed by atoms with Crippen LogP contribution in [0.4, 0.5) is 0 Å². The summed E-state index contributed by atoms with van der Waals surface area (Å²) < 4.78 is 37.0. The highest BCUT2D eigenvalue weighted by Crippen LogP contribution is 2.36. The number of nitrogens with one attached hydrogen (secondary N) is 1. The number of rotatable bonds is 4. The first-order valence-corrected chi connectivity index (χ1v) is 11.4. The van der Waals surface area contributed by atoms with Gasteiger partial charge in [-0.2, -0.15) is 18.2 Å². The summed E-state index contributed by atoms with van der Waals surface area (Å²) in [6, 6.07) is 8.29. The van der Waals surface area contributed by atoms with Crippen molar-refractivity contribution in [1.29, 1.82) is 0 Å². The Balaban J connectivity index is 1.54. The van der Waals surface area contributed by atoms with Crippen molar-refractivity contribution in [3.63, 3.8) is 0 Å². The fraction of sp³-hybridized carbons (Fsp3) is 0.278. The highest BCUT2D eigenvalue weighted by molar-refractivity contribution is 7.89. The highest BCUT2D eigenvalue weighted by Gasteiger charge is 2.37. The average Bonchev–Trinajstić information content (AvgIpc) is 3.44. The maximum absolute atomic E-state index is 13.6. The maximum atomic E-state index is 13.6. The molecule has 1 aliphatic rings. The smallest absolute Gasteiger partial charge is 0.246 e. The number of hydrogen-bond donors (Lipinski definition) is 1. The summed E-state index contributed by atoms with van der Waals surface area (Å²) in [6.07, 6.45) is 5.74. The molecule has 1 fully saturated rings. The molecule has 148 valence electrons. The lowest BCUT2D eigenvalue weighted by molar-refractivity contribution is 0.247. The van der Waals surface area contributed by atoms with Crippen LogP contribution in [0.2, 0.25) is 0 Å². The lowest BCUT2D eigenvalue weighted by atomic mass is 10.0. The minimum atomic E-state index is -3.77. The van der Waals surface area contributed by atoms with Crippen LogP contribution in [-0.2, 0) is 10.0 Å². The van der Waals surface area contributed by atoms with Gasteiger partial charge in [-0.1, -0.05) is 12.5 Å². The molecule has 9 nitrogen and oxygen atoms in total. The molecule has 11 heteroatoms. The average molecular weight is 428 g/mol. The van der Waals surface area contributed by atoms with Crippen LogP contribution in [-0.4, -0.2) is 48.2 Å². The normalized spacial score (nSPS) is 18.3. The van der Waals surface area contributed by atoms with Crippen molar-refractivity contribution in [2.24, 2.45) is 0 Å². The van der Waals surface area contributed by atoms with Gasteiger partial charge in [0.1, 0.15) is 21.8 Å². The van der Waals surface area contributed by atoms with E-state index in [-0.39, 0.29) is 4.90 Å². The van der Waals surface area contributed by atoms with Gasteiger partial charge in [-0.25, -0.2) is 13.4 Å². The van der Waals surface area contributed by atoms with E-state index < -0.39 is 16.1 Å². The summed E-state index contributed by atoms with van der Waals surface area (Å²) in [5, 5.41) is 7.23. The van der Waals surface area contributed by atoms with Crippen LogP contribution in [0.5, 0.6) is 0 Å². The van der Waals surface area contributed by atoms with Crippen LogP contribution in [0.25, 0.3) is 22.4 Å². The van der Waals surface area contributed by atoms with Crippen molar-refractivity contribution < 1.29 is 8.42 Å². The van der Waals surface area contributed by atoms with E-state index in [0.29, 0.717) is 35.6 Å². The van der Waals surface area contributed by atoms with Gasteiger partial charge in [-0.05, 0) is 37.1 Å². The first-order valence-electron chi connectivity index (χ1n) is 9.20. The summed E-state index contributed by atoms with van der Waals surface area (Å²) >= 11 is 1.01. The molecular formula is C18H17N7O2S2. The van der Waals surface area contributed by atoms with E-state index >= 15 is 0 Å². The minimum Gasteiger partial charge on any atom is -0.265 e. The lowest BCUT2D eigenvalue weighted by Gasteiger charge is -2.33. The first-order chi connectivity index (χ1) is 14.1. The van der Waals surface area contributed by atoms with E-state index in [0.717, 1.165) is 30.1 Å². The Bertz CT molecular complexity index is 1250. The number of fused-ring (bicyclic) bond motifs is 1. The minimum absolute atomic E-state index is 0.185. The molecule has 0 amide bonds. The standard InChI is InChI=1S/C18H17N7O2S2/c26-29(27,15-6-3-4-13-16(15)24-28-23-13)25-11-2-1-5-14(25)18-20-17(21-22-18)12-7-9-19-10-8-12/h3-4,6-10,14H,1-2,5,11H2,(H,20,21,22). The van der Waals surface area contributed by atoms with E-state index in [1.54, 1.807) is 30.6 Å². The molecule has 0 saturated carbocycles. The van der Waals surface area contributed by atoms with Crippen LogP contribution >= 0.6 is 11.7 Å². The predicted molar refractivity (Wildman–Crippen MR) is 108 cm³/mol. The van der Waals surface area contributed by atoms with Gasteiger partial charge in [0.15, 0.2) is 5.82 Å². The number of pyridine rings is 1. The van der Waals surface area contributed by atoms with Gasteiger partial charge in [-0.3, -0.25) is 10.1 Å². The van der Waals surface area contributed by atoms with E-state index in [9.17, 15) is 8.42 Å². The van der Waals surface area contributed by atoms with Crippen molar-refractivity contribution in [3.05, 3.63) is 48.5 Å². The largest absolute Gasteiger partial charge is 0.265 e. The van der Waals surface area contributed by atoms with Crippen molar-refractivity contribution in [2.45, 2.75) is 30.2 Å². The summed E-state index contributed by atoms with van der Waals surface area (Å²) in [7, 11) is -3.77. The zero-order valence-electron chi connectivity index (χ0n) is 15.3. The number of piperidine rings is 1. The molecule has 0 bridgehead atoms. The second-order valence-electron chi connectivity index (χ2n) is 6.80. The molecule has 1 saturated heterocycles. The number of hydrogen-bond acceptors (Lipinski definition) is 8. The summed E-state index contributed by atoms with van der Waals surface area (Å²) in [5.74, 6) is 1.07. The maximum Gasteiger partial charge on any atom is 0.246 e. The molecule has 1 unspecified atom stereocenters. The molecular weight excluding hydrogens is 410 g/mol. The number of benzene rings is 1. The topological polar surface area (TPSA) is 118 Å². The first kappa shape index (κ1) is 18.3. The molecule has 1 N–H and O–H groups in total. The summed E-state index contributed by atoms with van der Waals surface area (Å²) in [4.78, 5) is 8.77. The number of nitrogens with zero attached hydrogens (tertiary/aromatic N) is 6. The van der Waals surface area contributed by atoms with Gasteiger partial charge >= 0.3 is 0 Å². The molecule has 4 heterocycles. The van der Waals surface area contributed by atoms with Crippen molar-refractivity contribution in [1.82, 2.24) is 33.2 Å². The van der Waals surface area contributed by atoms with Gasteiger partial charge < -0.3 is 0 Å². The molecule has 1 aromatic carbocycles. The monoisotopic (exact) mass is 427 g/mol. The Morgan fingerprint density at radius 3 is 2.83 bits per heavy atom. The molecule has 4 aromatic rings. The second kappa shape index (κ2) is 7.25. The van der Waals surface area contributed by atoms with Crippen LogP contribution in [0.3, 0.4) is 0 Å². The third-order valence-corrected chi connectivity index (χ3v) is 7.53. The van der Waals surface area contributed by atoms with E-state index in [2.05, 4.69) is 28.9 Å². The van der Waals surface area contributed by atoms with Gasteiger partial charge in [0.25, 0.3) is 0 Å². The molecule has 3 aromatic heterocycles. The van der Waals surface area contributed by atoms with Crippen molar-refractivity contribution >= 4 is 32.8 Å². The third-order valence-electron chi connectivity index (χ3n) is 5.05. The van der Waals surface area contributed by atoms with Gasteiger partial charge in [0.2, 0.25) is 10.0 Å². The Morgan fingerprint density at radius 1 is 1.10 bits per heavy atom. The zero-order chi connectivity index (χ0) is 19.8. The Labute approximate surface area is 171 Å². The number of aromatic nitrogens is 6. The summed E-state index contributed by atoms with van der Waals surface area (Å²) in [5.41, 5.74) is 1.83. The molecule has 0 aliphatic carbocycles. The molecule has 0 spiro atoms. The Hall–Kier alpha value is -2.76. The molecule has 1 atom stereocenters.